The summed E-state index contributed by atoms with van der Waals surface area (Å²) in [6.45, 7) is 2.31. The van der Waals surface area contributed by atoms with Gasteiger partial charge in [-0.3, -0.25) is 0 Å². The highest BCUT2D eigenvalue weighted by Crippen LogP contribution is 2.28. The third-order valence-corrected chi connectivity index (χ3v) is 2.45. The lowest BCUT2D eigenvalue weighted by atomic mass is 10.2. The standard InChI is InChI=1S/C13H20N2O4/c1-9(8-17-2)14-13(16)15-11-6-5-10(18-3)7-12(11)19-4/h5-7,9H,8H2,1-4H3,(H2,14,15,16). The molecule has 0 radical (unpaired) electrons. The molecule has 2 N–H and O–H groups in total. The number of carbonyl (C=O) groups is 1. The first kappa shape index (κ1) is 15.1. The highest BCUT2D eigenvalue weighted by atomic mass is 16.5. The summed E-state index contributed by atoms with van der Waals surface area (Å²) in [6.07, 6.45) is 0. The molecule has 0 aromatic heterocycles. The minimum Gasteiger partial charge on any atom is -0.497 e. The Labute approximate surface area is 113 Å². The second-order valence-electron chi connectivity index (χ2n) is 4.02. The molecule has 6 nitrogen and oxygen atoms in total. The molecule has 6 heteroatoms. The number of urea groups is 1. The van der Waals surface area contributed by atoms with Gasteiger partial charge >= 0.3 is 6.03 Å². The van der Waals surface area contributed by atoms with Gasteiger partial charge in [0.15, 0.2) is 0 Å². The molecule has 0 saturated heterocycles. The third kappa shape index (κ3) is 4.67. The summed E-state index contributed by atoms with van der Waals surface area (Å²) in [5.41, 5.74) is 0.574. The predicted octanol–water partition coefficient (Wildman–Crippen LogP) is 1.86. The number of benzene rings is 1. The van der Waals surface area contributed by atoms with Crippen molar-refractivity contribution in [2.24, 2.45) is 0 Å². The number of amides is 2. The lowest BCUT2D eigenvalue weighted by Gasteiger charge is -2.15. The van der Waals surface area contributed by atoms with Crippen LogP contribution in [0, 0.1) is 0 Å². The Balaban J connectivity index is 2.68. The van der Waals surface area contributed by atoms with Crippen LogP contribution in [0.2, 0.25) is 0 Å². The van der Waals surface area contributed by atoms with Gasteiger partial charge in [-0.15, -0.1) is 0 Å². The van der Waals surface area contributed by atoms with Crippen molar-refractivity contribution < 1.29 is 19.0 Å². The van der Waals surface area contributed by atoms with Crippen LogP contribution in [0.15, 0.2) is 18.2 Å². The summed E-state index contributed by atoms with van der Waals surface area (Å²) in [4.78, 5) is 11.8. The summed E-state index contributed by atoms with van der Waals surface area (Å²) in [6, 6.07) is 4.78. The molecular weight excluding hydrogens is 248 g/mol. The van der Waals surface area contributed by atoms with Gasteiger partial charge < -0.3 is 24.8 Å². The topological polar surface area (TPSA) is 68.8 Å². The summed E-state index contributed by atoms with van der Waals surface area (Å²) < 4.78 is 15.2. The number of nitrogens with one attached hydrogen (secondary N) is 2. The Morgan fingerprint density at radius 1 is 1.26 bits per heavy atom. The molecule has 0 aliphatic carbocycles. The smallest absolute Gasteiger partial charge is 0.319 e. The summed E-state index contributed by atoms with van der Waals surface area (Å²) >= 11 is 0. The molecule has 1 rings (SSSR count). The largest absolute Gasteiger partial charge is 0.497 e. The minimum absolute atomic E-state index is 0.0748. The van der Waals surface area contributed by atoms with Crippen LogP contribution in [-0.2, 0) is 4.74 Å². The van der Waals surface area contributed by atoms with E-state index in [4.69, 9.17) is 14.2 Å². The van der Waals surface area contributed by atoms with Gasteiger partial charge in [-0.05, 0) is 19.1 Å². The molecule has 0 spiro atoms. The quantitative estimate of drug-likeness (QED) is 0.826. The number of ether oxygens (including phenoxy) is 3. The first-order valence-corrected chi connectivity index (χ1v) is 5.89. The molecule has 2 amide bonds. The molecule has 1 aromatic carbocycles. The van der Waals surface area contributed by atoms with Crippen LogP contribution in [0.25, 0.3) is 0 Å². The first-order valence-electron chi connectivity index (χ1n) is 5.89. The van der Waals surface area contributed by atoms with Crippen molar-refractivity contribution in [2.45, 2.75) is 13.0 Å². The maximum absolute atomic E-state index is 11.8. The maximum Gasteiger partial charge on any atom is 0.319 e. The molecule has 0 bridgehead atoms. The van der Waals surface area contributed by atoms with E-state index >= 15 is 0 Å². The van der Waals surface area contributed by atoms with Gasteiger partial charge in [0.2, 0.25) is 0 Å². The molecule has 0 fully saturated rings. The van der Waals surface area contributed by atoms with Gasteiger partial charge in [-0.1, -0.05) is 0 Å². The van der Waals surface area contributed by atoms with Crippen molar-refractivity contribution in [1.82, 2.24) is 5.32 Å². The maximum atomic E-state index is 11.8. The van der Waals surface area contributed by atoms with Gasteiger partial charge in [0.05, 0.1) is 32.6 Å². The zero-order valence-electron chi connectivity index (χ0n) is 11.6. The van der Waals surface area contributed by atoms with Crippen molar-refractivity contribution >= 4 is 11.7 Å². The SMILES string of the molecule is COCC(C)NC(=O)Nc1ccc(OC)cc1OC. The summed E-state index contributed by atoms with van der Waals surface area (Å²) in [5, 5.41) is 5.46. The van der Waals surface area contributed by atoms with Crippen molar-refractivity contribution in [3.63, 3.8) is 0 Å². The zero-order valence-corrected chi connectivity index (χ0v) is 11.6. The van der Waals surface area contributed by atoms with E-state index in [9.17, 15) is 4.79 Å². The monoisotopic (exact) mass is 268 g/mol. The molecule has 19 heavy (non-hydrogen) atoms. The Morgan fingerprint density at radius 3 is 2.58 bits per heavy atom. The van der Waals surface area contributed by atoms with Crippen molar-refractivity contribution in [3.8, 4) is 11.5 Å². The number of hydrogen-bond donors (Lipinski definition) is 2. The van der Waals surface area contributed by atoms with Crippen LogP contribution >= 0.6 is 0 Å². The fraction of sp³-hybridized carbons (Fsp3) is 0.462. The molecule has 0 aliphatic heterocycles. The van der Waals surface area contributed by atoms with E-state index < -0.39 is 0 Å². The van der Waals surface area contributed by atoms with Crippen LogP contribution in [0.3, 0.4) is 0 Å². The van der Waals surface area contributed by atoms with Gasteiger partial charge in [-0.25, -0.2) is 4.79 Å². The van der Waals surface area contributed by atoms with E-state index in [0.29, 0.717) is 23.8 Å². The van der Waals surface area contributed by atoms with E-state index in [-0.39, 0.29) is 12.1 Å². The van der Waals surface area contributed by atoms with Crippen LogP contribution in [0.5, 0.6) is 11.5 Å². The highest BCUT2D eigenvalue weighted by molar-refractivity contribution is 5.91. The Bertz CT molecular complexity index is 423. The molecule has 1 atom stereocenters. The molecule has 0 saturated carbocycles. The number of carbonyl (C=O) groups excluding carboxylic acids is 1. The number of hydrogen-bond acceptors (Lipinski definition) is 4. The predicted molar refractivity (Wildman–Crippen MR) is 73.0 cm³/mol. The molecular formula is C13H20N2O4. The van der Waals surface area contributed by atoms with Crippen LogP contribution in [0.1, 0.15) is 6.92 Å². The number of rotatable bonds is 6. The van der Waals surface area contributed by atoms with E-state index in [1.54, 1.807) is 32.4 Å². The Kier molecular flexibility index (Phi) is 5.95. The van der Waals surface area contributed by atoms with Crippen molar-refractivity contribution in [2.75, 3.05) is 33.3 Å². The van der Waals surface area contributed by atoms with E-state index in [2.05, 4.69) is 10.6 Å². The lowest BCUT2D eigenvalue weighted by molar-refractivity contribution is 0.173. The number of methoxy groups -OCH3 is 3. The average Bonchev–Trinajstić information content (AvgIpc) is 2.39. The second kappa shape index (κ2) is 7.48. The summed E-state index contributed by atoms with van der Waals surface area (Å²) in [5.74, 6) is 1.20. The van der Waals surface area contributed by atoms with Crippen LogP contribution in [0.4, 0.5) is 10.5 Å². The normalized spacial score (nSPS) is 11.6. The third-order valence-electron chi connectivity index (χ3n) is 2.45. The molecule has 0 heterocycles. The lowest BCUT2D eigenvalue weighted by Crippen LogP contribution is -2.38. The van der Waals surface area contributed by atoms with Crippen molar-refractivity contribution in [3.05, 3.63) is 18.2 Å². The second-order valence-corrected chi connectivity index (χ2v) is 4.02. The fourth-order valence-electron chi connectivity index (χ4n) is 1.58. The molecule has 106 valence electrons. The Morgan fingerprint density at radius 2 is 2.00 bits per heavy atom. The highest BCUT2D eigenvalue weighted by Gasteiger charge is 2.10. The first-order chi connectivity index (χ1) is 9.10. The average molecular weight is 268 g/mol. The zero-order chi connectivity index (χ0) is 14.3. The van der Waals surface area contributed by atoms with Gasteiger partial charge in [-0.2, -0.15) is 0 Å². The van der Waals surface area contributed by atoms with Gasteiger partial charge in [0.1, 0.15) is 11.5 Å². The molecule has 1 unspecified atom stereocenters. The van der Waals surface area contributed by atoms with Crippen LogP contribution < -0.4 is 20.1 Å². The van der Waals surface area contributed by atoms with Gasteiger partial charge in [0, 0.05) is 13.2 Å². The van der Waals surface area contributed by atoms with Crippen LogP contribution in [-0.4, -0.2) is 40.0 Å². The fourth-order valence-corrected chi connectivity index (χ4v) is 1.58. The number of anilines is 1. The molecule has 0 aliphatic rings. The van der Waals surface area contributed by atoms with Crippen molar-refractivity contribution in [1.29, 1.82) is 0 Å². The molecule has 1 aromatic rings. The summed E-state index contributed by atoms with van der Waals surface area (Å²) in [7, 11) is 4.69. The van der Waals surface area contributed by atoms with E-state index in [1.165, 1.54) is 7.11 Å². The minimum atomic E-state index is -0.312. The Hall–Kier alpha value is -1.95. The van der Waals surface area contributed by atoms with Gasteiger partial charge in [0.25, 0.3) is 0 Å². The van der Waals surface area contributed by atoms with E-state index in [0.717, 1.165) is 0 Å². The van der Waals surface area contributed by atoms with E-state index in [1.807, 2.05) is 6.92 Å².